The quantitative estimate of drug-likeness (QED) is 0.502. The normalized spacial score (nSPS) is 20.7. The zero-order valence-corrected chi connectivity index (χ0v) is 10.4. The first-order valence-corrected chi connectivity index (χ1v) is 6.54. The molecule has 1 rings (SSSR count). The molecule has 1 aliphatic rings. The van der Waals surface area contributed by atoms with E-state index in [1.165, 1.54) is 0 Å². The number of carbonyl (C=O) groups is 1. The summed E-state index contributed by atoms with van der Waals surface area (Å²) in [4.78, 5) is 11.5. The van der Waals surface area contributed by atoms with E-state index in [-0.39, 0.29) is 12.0 Å². The summed E-state index contributed by atoms with van der Waals surface area (Å²) < 4.78 is 15.1. The standard InChI is InChI=1S/C10H19NO4S/c1-13-3-4-14-5-6-15-10(12)9-8-16-7-2-11-9/h9,11H,2-8H2,1H3. The predicted molar refractivity (Wildman–Crippen MR) is 62.8 cm³/mol. The van der Waals surface area contributed by atoms with Gasteiger partial charge in [-0.3, -0.25) is 4.79 Å². The predicted octanol–water partition coefficient (Wildman–Crippen LogP) is -0.102. The van der Waals surface area contributed by atoms with Gasteiger partial charge in [0.1, 0.15) is 12.6 Å². The van der Waals surface area contributed by atoms with Gasteiger partial charge in [0, 0.05) is 25.2 Å². The smallest absolute Gasteiger partial charge is 0.324 e. The second-order valence-electron chi connectivity index (χ2n) is 3.35. The molecule has 1 unspecified atom stereocenters. The molecule has 0 aromatic carbocycles. The fraction of sp³-hybridized carbons (Fsp3) is 0.900. The minimum absolute atomic E-state index is 0.155. The highest BCUT2D eigenvalue weighted by molar-refractivity contribution is 7.99. The fourth-order valence-electron chi connectivity index (χ4n) is 1.26. The van der Waals surface area contributed by atoms with E-state index in [2.05, 4.69) is 5.32 Å². The SMILES string of the molecule is COCCOCCOC(=O)C1CSCCN1. The Morgan fingerprint density at radius 3 is 2.88 bits per heavy atom. The van der Waals surface area contributed by atoms with Gasteiger partial charge in [-0.05, 0) is 0 Å². The van der Waals surface area contributed by atoms with E-state index in [0.29, 0.717) is 26.4 Å². The molecule has 16 heavy (non-hydrogen) atoms. The van der Waals surface area contributed by atoms with Crippen molar-refractivity contribution in [1.29, 1.82) is 0 Å². The van der Waals surface area contributed by atoms with Crippen molar-refractivity contribution in [2.24, 2.45) is 0 Å². The van der Waals surface area contributed by atoms with Crippen LogP contribution in [0.25, 0.3) is 0 Å². The Morgan fingerprint density at radius 2 is 2.19 bits per heavy atom. The minimum atomic E-state index is -0.178. The van der Waals surface area contributed by atoms with Crippen molar-refractivity contribution in [3.05, 3.63) is 0 Å². The number of carbonyl (C=O) groups excluding carboxylic acids is 1. The molecule has 0 radical (unpaired) electrons. The van der Waals surface area contributed by atoms with E-state index in [1.54, 1.807) is 18.9 Å². The number of hydrogen-bond donors (Lipinski definition) is 1. The van der Waals surface area contributed by atoms with Crippen molar-refractivity contribution in [2.75, 3.05) is 51.6 Å². The van der Waals surface area contributed by atoms with Crippen molar-refractivity contribution < 1.29 is 19.0 Å². The van der Waals surface area contributed by atoms with E-state index in [1.807, 2.05) is 0 Å². The van der Waals surface area contributed by atoms with E-state index in [9.17, 15) is 4.79 Å². The first kappa shape index (κ1) is 13.8. The first-order valence-electron chi connectivity index (χ1n) is 5.39. The van der Waals surface area contributed by atoms with Gasteiger partial charge in [-0.15, -0.1) is 0 Å². The van der Waals surface area contributed by atoms with Crippen LogP contribution in [0.4, 0.5) is 0 Å². The van der Waals surface area contributed by atoms with Crippen molar-refractivity contribution >= 4 is 17.7 Å². The summed E-state index contributed by atoms with van der Waals surface area (Å²) in [5, 5.41) is 3.12. The summed E-state index contributed by atoms with van der Waals surface area (Å²) >= 11 is 1.77. The van der Waals surface area contributed by atoms with Crippen molar-refractivity contribution in [1.82, 2.24) is 5.32 Å². The summed E-state index contributed by atoms with van der Waals surface area (Å²) in [5.41, 5.74) is 0. The van der Waals surface area contributed by atoms with Crippen LogP contribution in [-0.2, 0) is 19.0 Å². The third-order valence-electron chi connectivity index (χ3n) is 2.11. The molecule has 1 heterocycles. The van der Waals surface area contributed by atoms with Gasteiger partial charge in [0.15, 0.2) is 0 Å². The van der Waals surface area contributed by atoms with E-state index < -0.39 is 0 Å². The van der Waals surface area contributed by atoms with E-state index >= 15 is 0 Å². The van der Waals surface area contributed by atoms with Crippen LogP contribution in [-0.4, -0.2) is 63.6 Å². The Kier molecular flexibility index (Phi) is 7.58. The molecule has 0 bridgehead atoms. The Labute approximate surface area is 100 Å². The Morgan fingerprint density at radius 1 is 1.38 bits per heavy atom. The van der Waals surface area contributed by atoms with Gasteiger partial charge >= 0.3 is 5.97 Å². The van der Waals surface area contributed by atoms with Crippen molar-refractivity contribution in [3.8, 4) is 0 Å². The van der Waals surface area contributed by atoms with Gasteiger partial charge in [0.05, 0.1) is 19.8 Å². The highest BCUT2D eigenvalue weighted by Crippen LogP contribution is 2.08. The van der Waals surface area contributed by atoms with Crippen LogP contribution in [0.2, 0.25) is 0 Å². The van der Waals surface area contributed by atoms with Crippen LogP contribution < -0.4 is 5.32 Å². The number of hydrogen-bond acceptors (Lipinski definition) is 6. The summed E-state index contributed by atoms with van der Waals surface area (Å²) in [6.45, 7) is 2.70. The molecular formula is C10H19NO4S. The monoisotopic (exact) mass is 249 g/mol. The molecule has 1 saturated heterocycles. The largest absolute Gasteiger partial charge is 0.462 e. The lowest BCUT2D eigenvalue weighted by atomic mass is 10.3. The second-order valence-corrected chi connectivity index (χ2v) is 4.50. The zero-order valence-electron chi connectivity index (χ0n) is 9.57. The highest BCUT2D eigenvalue weighted by atomic mass is 32.2. The summed E-state index contributed by atoms with van der Waals surface area (Å²) in [7, 11) is 1.62. The number of methoxy groups -OCH3 is 1. The number of thioether (sulfide) groups is 1. The van der Waals surface area contributed by atoms with E-state index in [4.69, 9.17) is 14.2 Å². The molecule has 0 aromatic rings. The number of nitrogens with one attached hydrogen (secondary N) is 1. The third-order valence-corrected chi connectivity index (χ3v) is 3.17. The van der Waals surface area contributed by atoms with Gasteiger partial charge in [-0.1, -0.05) is 0 Å². The van der Waals surface area contributed by atoms with Crippen LogP contribution in [0, 0.1) is 0 Å². The van der Waals surface area contributed by atoms with Crippen LogP contribution in [0.15, 0.2) is 0 Å². The molecule has 94 valence electrons. The maximum absolute atomic E-state index is 11.5. The van der Waals surface area contributed by atoms with Gasteiger partial charge in [0.2, 0.25) is 0 Å². The van der Waals surface area contributed by atoms with Crippen LogP contribution in [0.3, 0.4) is 0 Å². The molecule has 0 amide bonds. The molecular weight excluding hydrogens is 230 g/mol. The van der Waals surface area contributed by atoms with Gasteiger partial charge in [-0.2, -0.15) is 11.8 Å². The maximum Gasteiger partial charge on any atom is 0.324 e. The molecule has 0 aliphatic carbocycles. The number of ether oxygens (including phenoxy) is 3. The summed E-state index contributed by atoms with van der Waals surface area (Å²) in [5.74, 6) is 1.68. The second kappa shape index (κ2) is 8.81. The third kappa shape index (κ3) is 5.69. The Balaban J connectivity index is 1.97. The highest BCUT2D eigenvalue weighted by Gasteiger charge is 2.21. The van der Waals surface area contributed by atoms with Gasteiger partial charge in [0.25, 0.3) is 0 Å². The molecule has 0 aromatic heterocycles. The molecule has 1 aliphatic heterocycles. The lowest BCUT2D eigenvalue weighted by molar-refractivity contribution is -0.147. The van der Waals surface area contributed by atoms with Crippen molar-refractivity contribution in [2.45, 2.75) is 6.04 Å². The molecule has 5 nitrogen and oxygen atoms in total. The van der Waals surface area contributed by atoms with Crippen LogP contribution >= 0.6 is 11.8 Å². The van der Waals surface area contributed by atoms with Crippen molar-refractivity contribution in [3.63, 3.8) is 0 Å². The lowest BCUT2D eigenvalue weighted by Crippen LogP contribution is -2.44. The van der Waals surface area contributed by atoms with Gasteiger partial charge in [-0.25, -0.2) is 0 Å². The summed E-state index contributed by atoms with van der Waals surface area (Å²) in [6, 6.07) is -0.155. The molecule has 0 saturated carbocycles. The Bertz CT molecular complexity index is 197. The zero-order chi connectivity index (χ0) is 11.6. The topological polar surface area (TPSA) is 56.8 Å². The molecule has 0 spiro atoms. The lowest BCUT2D eigenvalue weighted by Gasteiger charge is -2.21. The molecule has 1 fully saturated rings. The fourth-order valence-corrected chi connectivity index (χ4v) is 2.18. The Hall–Kier alpha value is -0.300. The average Bonchev–Trinajstić information content (AvgIpc) is 2.34. The maximum atomic E-state index is 11.5. The molecule has 1 atom stereocenters. The molecule has 6 heteroatoms. The summed E-state index contributed by atoms with van der Waals surface area (Å²) in [6.07, 6.45) is 0. The van der Waals surface area contributed by atoms with E-state index in [0.717, 1.165) is 18.1 Å². The van der Waals surface area contributed by atoms with Crippen LogP contribution in [0.1, 0.15) is 0 Å². The van der Waals surface area contributed by atoms with Gasteiger partial charge < -0.3 is 19.5 Å². The number of rotatable bonds is 7. The van der Waals surface area contributed by atoms with Crippen LogP contribution in [0.5, 0.6) is 0 Å². The molecule has 1 N–H and O–H groups in total. The minimum Gasteiger partial charge on any atom is -0.462 e. The number of esters is 1. The average molecular weight is 249 g/mol. The first-order chi connectivity index (χ1) is 7.84.